The third kappa shape index (κ3) is 2.88. The molecule has 5 heteroatoms. The lowest BCUT2D eigenvalue weighted by Crippen LogP contribution is -2.28. The van der Waals surface area contributed by atoms with Crippen LogP contribution in [0.1, 0.15) is 70.8 Å². The second-order valence-electron chi connectivity index (χ2n) is 5.49. The lowest BCUT2D eigenvalue weighted by Gasteiger charge is -2.29. The van der Waals surface area contributed by atoms with Crippen molar-refractivity contribution in [1.29, 1.82) is 0 Å². The summed E-state index contributed by atoms with van der Waals surface area (Å²) in [5, 5.41) is 15.8. The van der Waals surface area contributed by atoms with Gasteiger partial charge in [-0.1, -0.05) is 26.7 Å². The Kier molecular flexibility index (Phi) is 4.69. The highest BCUT2D eigenvalue weighted by Crippen LogP contribution is 2.33. The molecule has 5 nitrogen and oxygen atoms in total. The molecule has 1 fully saturated rings. The Morgan fingerprint density at radius 1 is 1.39 bits per heavy atom. The van der Waals surface area contributed by atoms with Crippen molar-refractivity contribution in [2.75, 3.05) is 6.54 Å². The number of nitrogens with zero attached hydrogens (tertiary/aromatic N) is 4. The molecule has 0 radical (unpaired) electrons. The molecule has 0 amide bonds. The molecule has 1 aliphatic carbocycles. The lowest BCUT2D eigenvalue weighted by atomic mass is 9.86. The average molecular weight is 251 g/mol. The Bertz CT molecular complexity index is 362. The first-order valence-electron chi connectivity index (χ1n) is 7.25. The van der Waals surface area contributed by atoms with Crippen LogP contribution in [0.25, 0.3) is 0 Å². The van der Waals surface area contributed by atoms with Crippen molar-refractivity contribution >= 4 is 0 Å². The summed E-state index contributed by atoms with van der Waals surface area (Å²) in [5.74, 6) is 1.67. The van der Waals surface area contributed by atoms with Crippen molar-refractivity contribution in [1.82, 2.24) is 25.5 Å². The molecule has 0 aromatic carbocycles. The number of tetrazole rings is 1. The average Bonchev–Trinajstić information content (AvgIpc) is 2.85. The maximum absolute atomic E-state index is 4.23. The van der Waals surface area contributed by atoms with Gasteiger partial charge in [-0.15, -0.1) is 5.10 Å². The Hall–Kier alpha value is -0.970. The second-order valence-corrected chi connectivity index (χ2v) is 5.49. The number of hydrogen-bond donors (Lipinski definition) is 1. The molecule has 0 spiro atoms. The molecule has 18 heavy (non-hydrogen) atoms. The van der Waals surface area contributed by atoms with Crippen LogP contribution in [0.4, 0.5) is 0 Å². The molecule has 2 rings (SSSR count). The van der Waals surface area contributed by atoms with Crippen molar-refractivity contribution in [2.45, 2.75) is 65.0 Å². The van der Waals surface area contributed by atoms with E-state index in [-0.39, 0.29) is 6.04 Å². The number of aromatic nitrogens is 4. The molecule has 3 unspecified atom stereocenters. The molecule has 0 aliphatic heterocycles. The summed E-state index contributed by atoms with van der Waals surface area (Å²) in [6.45, 7) is 7.64. The molecule has 1 N–H and O–H groups in total. The zero-order chi connectivity index (χ0) is 13.0. The van der Waals surface area contributed by atoms with Gasteiger partial charge in [0.05, 0.1) is 12.1 Å². The Labute approximate surface area is 109 Å². The van der Waals surface area contributed by atoms with Crippen LogP contribution in [0.3, 0.4) is 0 Å². The van der Waals surface area contributed by atoms with E-state index in [0.717, 1.165) is 18.8 Å². The zero-order valence-corrected chi connectivity index (χ0v) is 11.8. The van der Waals surface area contributed by atoms with Crippen LogP contribution in [0, 0.1) is 5.92 Å². The highest BCUT2D eigenvalue weighted by atomic mass is 15.6. The Balaban J connectivity index is 2.10. The summed E-state index contributed by atoms with van der Waals surface area (Å²) < 4.78 is 2.07. The first-order chi connectivity index (χ1) is 8.74. The van der Waals surface area contributed by atoms with Crippen LogP contribution in [0.2, 0.25) is 0 Å². The fraction of sp³-hybridized carbons (Fsp3) is 0.923. The standard InChI is InChI=1S/C13H25N5/c1-4-9-14-11(3)13-15-16-17-18(13)12-8-6-5-7-10(12)2/h10-12,14H,4-9H2,1-3H3. The van der Waals surface area contributed by atoms with Crippen molar-refractivity contribution in [2.24, 2.45) is 5.92 Å². The summed E-state index contributed by atoms with van der Waals surface area (Å²) in [4.78, 5) is 0. The molecule has 102 valence electrons. The number of hydrogen-bond acceptors (Lipinski definition) is 4. The van der Waals surface area contributed by atoms with Gasteiger partial charge in [0.2, 0.25) is 0 Å². The number of nitrogens with one attached hydrogen (secondary N) is 1. The molecule has 0 saturated heterocycles. The third-order valence-corrected chi connectivity index (χ3v) is 3.99. The van der Waals surface area contributed by atoms with Crippen LogP contribution in [0.15, 0.2) is 0 Å². The minimum atomic E-state index is 0.231. The summed E-state index contributed by atoms with van der Waals surface area (Å²) >= 11 is 0. The minimum Gasteiger partial charge on any atom is -0.307 e. The van der Waals surface area contributed by atoms with Crippen molar-refractivity contribution in [3.63, 3.8) is 0 Å². The van der Waals surface area contributed by atoms with Gasteiger partial charge >= 0.3 is 0 Å². The molecular weight excluding hydrogens is 226 g/mol. The lowest BCUT2D eigenvalue weighted by molar-refractivity contribution is 0.228. The molecule has 0 bridgehead atoms. The topological polar surface area (TPSA) is 55.6 Å². The molecule has 1 aliphatic rings. The minimum absolute atomic E-state index is 0.231. The fourth-order valence-electron chi connectivity index (χ4n) is 2.83. The van der Waals surface area contributed by atoms with Gasteiger partial charge < -0.3 is 5.32 Å². The Morgan fingerprint density at radius 3 is 2.89 bits per heavy atom. The quantitative estimate of drug-likeness (QED) is 0.873. The third-order valence-electron chi connectivity index (χ3n) is 3.99. The number of rotatable bonds is 5. The van der Waals surface area contributed by atoms with Gasteiger partial charge in [-0.3, -0.25) is 0 Å². The SMILES string of the molecule is CCCNC(C)c1nnnn1C1CCCCC1C. The van der Waals surface area contributed by atoms with Crippen LogP contribution < -0.4 is 5.32 Å². The summed E-state index contributed by atoms with van der Waals surface area (Å²) in [5.41, 5.74) is 0. The van der Waals surface area contributed by atoms with Crippen LogP contribution in [0.5, 0.6) is 0 Å². The van der Waals surface area contributed by atoms with Crippen molar-refractivity contribution in [3.8, 4) is 0 Å². The van der Waals surface area contributed by atoms with Gasteiger partial charge in [-0.25, -0.2) is 4.68 Å². The fourth-order valence-corrected chi connectivity index (χ4v) is 2.83. The summed E-state index contributed by atoms with van der Waals surface area (Å²) in [6, 6.07) is 0.712. The van der Waals surface area contributed by atoms with Gasteiger partial charge in [0, 0.05) is 0 Å². The largest absolute Gasteiger partial charge is 0.307 e. The van der Waals surface area contributed by atoms with Gasteiger partial charge in [-0.05, 0) is 49.1 Å². The molecular formula is C13H25N5. The monoisotopic (exact) mass is 251 g/mol. The van der Waals surface area contributed by atoms with E-state index in [1.807, 2.05) is 0 Å². The summed E-state index contributed by atoms with van der Waals surface area (Å²) in [6.07, 6.45) is 6.27. The van der Waals surface area contributed by atoms with Gasteiger partial charge in [-0.2, -0.15) is 0 Å². The van der Waals surface area contributed by atoms with Crippen LogP contribution in [-0.4, -0.2) is 26.8 Å². The highest BCUT2D eigenvalue weighted by molar-refractivity contribution is 4.93. The molecule has 1 heterocycles. The Morgan fingerprint density at radius 2 is 2.17 bits per heavy atom. The first-order valence-corrected chi connectivity index (χ1v) is 7.25. The van der Waals surface area contributed by atoms with E-state index in [9.17, 15) is 0 Å². The van der Waals surface area contributed by atoms with E-state index < -0.39 is 0 Å². The van der Waals surface area contributed by atoms with E-state index in [1.165, 1.54) is 25.7 Å². The highest BCUT2D eigenvalue weighted by Gasteiger charge is 2.27. The molecule has 1 aromatic heterocycles. The zero-order valence-electron chi connectivity index (χ0n) is 11.8. The molecule has 3 atom stereocenters. The van der Waals surface area contributed by atoms with E-state index in [2.05, 4.69) is 46.3 Å². The van der Waals surface area contributed by atoms with E-state index in [4.69, 9.17) is 0 Å². The van der Waals surface area contributed by atoms with Crippen molar-refractivity contribution < 1.29 is 0 Å². The first kappa shape index (κ1) is 13.5. The van der Waals surface area contributed by atoms with Gasteiger partial charge in [0.1, 0.15) is 0 Å². The van der Waals surface area contributed by atoms with Crippen LogP contribution >= 0.6 is 0 Å². The van der Waals surface area contributed by atoms with E-state index >= 15 is 0 Å². The van der Waals surface area contributed by atoms with E-state index in [0.29, 0.717) is 12.0 Å². The maximum Gasteiger partial charge on any atom is 0.168 e. The van der Waals surface area contributed by atoms with Gasteiger partial charge in [0.25, 0.3) is 0 Å². The second kappa shape index (κ2) is 6.27. The van der Waals surface area contributed by atoms with Crippen LogP contribution in [-0.2, 0) is 0 Å². The predicted molar refractivity (Wildman–Crippen MR) is 71.2 cm³/mol. The van der Waals surface area contributed by atoms with Gasteiger partial charge in [0.15, 0.2) is 5.82 Å². The smallest absolute Gasteiger partial charge is 0.168 e. The predicted octanol–water partition coefficient (Wildman–Crippen LogP) is 2.48. The normalized spacial score (nSPS) is 26.2. The van der Waals surface area contributed by atoms with E-state index in [1.54, 1.807) is 0 Å². The van der Waals surface area contributed by atoms with Crippen molar-refractivity contribution in [3.05, 3.63) is 5.82 Å². The summed E-state index contributed by atoms with van der Waals surface area (Å²) in [7, 11) is 0. The maximum atomic E-state index is 4.23. The molecule has 1 aromatic rings. The molecule has 1 saturated carbocycles.